The number of H-pyrrole nitrogens is 1. The van der Waals surface area contributed by atoms with Gasteiger partial charge in [-0.05, 0) is 37.5 Å². The molecule has 168 valence electrons. The Kier molecular flexibility index (Phi) is 6.03. The zero-order valence-electron chi connectivity index (χ0n) is 17.9. The van der Waals surface area contributed by atoms with Crippen molar-refractivity contribution in [1.29, 1.82) is 0 Å². The van der Waals surface area contributed by atoms with Gasteiger partial charge in [-0.2, -0.15) is 0 Å². The Morgan fingerprint density at radius 2 is 1.97 bits per heavy atom. The van der Waals surface area contributed by atoms with Gasteiger partial charge in [-0.25, -0.2) is 4.98 Å². The lowest BCUT2D eigenvalue weighted by atomic mass is 10.1. The maximum Gasteiger partial charge on any atom is 0.260 e. The van der Waals surface area contributed by atoms with Crippen molar-refractivity contribution in [2.75, 3.05) is 26.2 Å². The smallest absolute Gasteiger partial charge is 0.260 e. The molecule has 1 amide bonds. The van der Waals surface area contributed by atoms with E-state index in [4.69, 9.17) is 16.6 Å². The van der Waals surface area contributed by atoms with Gasteiger partial charge in [0.05, 0.1) is 18.0 Å². The van der Waals surface area contributed by atoms with E-state index < -0.39 is 0 Å². The molecule has 0 bridgehead atoms. The monoisotopic (exact) mass is 471 g/mol. The number of rotatable bonds is 6. The van der Waals surface area contributed by atoms with Crippen LogP contribution < -0.4 is 10.9 Å². The summed E-state index contributed by atoms with van der Waals surface area (Å²) < 4.78 is 0. The van der Waals surface area contributed by atoms with Crippen LogP contribution in [0.15, 0.2) is 34.4 Å². The molecule has 2 aromatic heterocycles. The van der Waals surface area contributed by atoms with E-state index in [2.05, 4.69) is 20.1 Å². The van der Waals surface area contributed by atoms with Crippen molar-refractivity contribution in [1.82, 2.24) is 25.1 Å². The Balaban J connectivity index is 1.25. The zero-order chi connectivity index (χ0) is 22.2. The molecule has 32 heavy (non-hydrogen) atoms. The third kappa shape index (κ3) is 4.59. The maximum absolute atomic E-state index is 12.9. The van der Waals surface area contributed by atoms with Gasteiger partial charge in [-0.15, -0.1) is 11.3 Å². The summed E-state index contributed by atoms with van der Waals surface area (Å²) in [4.78, 5) is 38.2. The van der Waals surface area contributed by atoms with Crippen molar-refractivity contribution >= 4 is 39.1 Å². The van der Waals surface area contributed by atoms with Crippen LogP contribution >= 0.6 is 22.9 Å². The normalized spacial score (nSPS) is 18.7. The summed E-state index contributed by atoms with van der Waals surface area (Å²) in [5, 5.41) is 6.36. The van der Waals surface area contributed by atoms with Gasteiger partial charge < -0.3 is 10.3 Å². The van der Waals surface area contributed by atoms with Crippen molar-refractivity contribution in [2.45, 2.75) is 38.4 Å². The van der Waals surface area contributed by atoms with Crippen LogP contribution in [0.2, 0.25) is 5.02 Å². The van der Waals surface area contributed by atoms with E-state index in [0.717, 1.165) is 55.0 Å². The van der Waals surface area contributed by atoms with Crippen LogP contribution in [0, 0.1) is 0 Å². The first-order valence-corrected chi connectivity index (χ1v) is 12.3. The SMILES string of the molecule is CC(C(=O)NC1CC1)N1CCN(Cc2nc3scc(-c4ccc(Cl)cc4)c3c(=O)[nH]2)CC1. The number of piperazine rings is 1. The second kappa shape index (κ2) is 8.94. The molecule has 3 aromatic rings. The van der Waals surface area contributed by atoms with Gasteiger partial charge >= 0.3 is 0 Å². The number of nitrogens with one attached hydrogen (secondary N) is 2. The van der Waals surface area contributed by atoms with Crippen molar-refractivity contribution in [3.05, 3.63) is 50.8 Å². The average Bonchev–Trinajstić information content (AvgIpc) is 3.50. The average molecular weight is 472 g/mol. The quantitative estimate of drug-likeness (QED) is 0.577. The van der Waals surface area contributed by atoms with Crippen molar-refractivity contribution in [2.24, 2.45) is 0 Å². The van der Waals surface area contributed by atoms with Gasteiger partial charge in [0.1, 0.15) is 10.7 Å². The number of aromatic nitrogens is 2. The fourth-order valence-corrected chi connectivity index (χ4v) is 5.24. The predicted octanol–water partition coefficient (Wildman–Crippen LogP) is 3.09. The highest BCUT2D eigenvalue weighted by Crippen LogP contribution is 2.31. The second-order valence-electron chi connectivity index (χ2n) is 8.62. The van der Waals surface area contributed by atoms with Gasteiger partial charge in [-0.3, -0.25) is 19.4 Å². The first kappa shape index (κ1) is 21.6. The first-order chi connectivity index (χ1) is 15.5. The molecule has 3 heterocycles. The van der Waals surface area contributed by atoms with Gasteiger partial charge in [0.15, 0.2) is 0 Å². The van der Waals surface area contributed by atoms with E-state index in [1.54, 1.807) is 0 Å². The minimum absolute atomic E-state index is 0.107. The highest BCUT2D eigenvalue weighted by molar-refractivity contribution is 7.17. The van der Waals surface area contributed by atoms with Crippen molar-refractivity contribution in [3.8, 4) is 11.1 Å². The number of amides is 1. The number of carbonyl (C=O) groups excluding carboxylic acids is 1. The van der Waals surface area contributed by atoms with Crippen LogP contribution in [0.1, 0.15) is 25.6 Å². The Labute approximate surface area is 195 Å². The molecule has 2 aliphatic rings. The standard InChI is InChI=1S/C23H26ClN5O2S/c1-14(21(30)25-17-6-7-17)29-10-8-28(9-11-29)12-19-26-22(31)20-18(13-32-23(20)27-19)15-2-4-16(24)5-3-15/h2-5,13-14,17H,6-12H2,1H3,(H,25,30)(H,26,27,31). The largest absolute Gasteiger partial charge is 0.352 e. The van der Waals surface area contributed by atoms with Crippen LogP contribution in [0.5, 0.6) is 0 Å². The summed E-state index contributed by atoms with van der Waals surface area (Å²) in [6.45, 7) is 5.90. The van der Waals surface area contributed by atoms with Crippen LogP contribution in [0.25, 0.3) is 21.3 Å². The van der Waals surface area contributed by atoms with Gasteiger partial charge in [0.2, 0.25) is 5.91 Å². The number of carbonyl (C=O) groups is 1. The number of benzene rings is 1. The minimum Gasteiger partial charge on any atom is -0.352 e. The first-order valence-electron chi connectivity index (χ1n) is 11.0. The molecule has 2 N–H and O–H groups in total. The molecular weight excluding hydrogens is 446 g/mol. The maximum atomic E-state index is 12.9. The molecule has 1 saturated carbocycles. The molecule has 1 aliphatic heterocycles. The van der Waals surface area contributed by atoms with Crippen LogP contribution in [-0.4, -0.2) is 63.9 Å². The van der Waals surface area contributed by atoms with E-state index in [9.17, 15) is 9.59 Å². The lowest BCUT2D eigenvalue weighted by Gasteiger charge is -2.37. The summed E-state index contributed by atoms with van der Waals surface area (Å²) >= 11 is 7.48. The van der Waals surface area contributed by atoms with Crippen molar-refractivity contribution < 1.29 is 4.79 Å². The van der Waals surface area contributed by atoms with Crippen LogP contribution in [0.4, 0.5) is 0 Å². The number of thiophene rings is 1. The van der Waals surface area contributed by atoms with E-state index in [-0.39, 0.29) is 17.5 Å². The molecular formula is C23H26ClN5O2S. The van der Waals surface area contributed by atoms with Gasteiger partial charge in [0, 0.05) is 48.2 Å². The molecule has 1 aromatic carbocycles. The molecule has 2 fully saturated rings. The number of aromatic amines is 1. The zero-order valence-corrected chi connectivity index (χ0v) is 19.5. The topological polar surface area (TPSA) is 81.3 Å². The van der Waals surface area contributed by atoms with Gasteiger partial charge in [-0.1, -0.05) is 23.7 Å². The van der Waals surface area contributed by atoms with E-state index >= 15 is 0 Å². The molecule has 0 radical (unpaired) electrons. The fourth-order valence-electron chi connectivity index (χ4n) is 4.15. The Bertz CT molecular complexity index is 1180. The second-order valence-corrected chi connectivity index (χ2v) is 9.91. The predicted molar refractivity (Wildman–Crippen MR) is 128 cm³/mol. The molecule has 9 heteroatoms. The Morgan fingerprint density at radius 1 is 1.25 bits per heavy atom. The van der Waals surface area contributed by atoms with Crippen LogP contribution in [-0.2, 0) is 11.3 Å². The molecule has 1 saturated heterocycles. The molecule has 7 nitrogen and oxygen atoms in total. The molecule has 1 aliphatic carbocycles. The van der Waals surface area contributed by atoms with E-state index in [0.29, 0.717) is 28.8 Å². The van der Waals surface area contributed by atoms with E-state index in [1.807, 2.05) is 36.6 Å². The Hall–Kier alpha value is -2.26. The number of hydrogen-bond acceptors (Lipinski definition) is 6. The lowest BCUT2D eigenvalue weighted by Crippen LogP contribution is -2.54. The highest BCUT2D eigenvalue weighted by Gasteiger charge is 2.30. The molecule has 1 unspecified atom stereocenters. The van der Waals surface area contributed by atoms with Crippen molar-refractivity contribution in [3.63, 3.8) is 0 Å². The minimum atomic E-state index is -0.111. The Morgan fingerprint density at radius 3 is 2.66 bits per heavy atom. The number of fused-ring (bicyclic) bond motifs is 1. The summed E-state index contributed by atoms with van der Waals surface area (Å²) in [5.41, 5.74) is 1.73. The third-order valence-electron chi connectivity index (χ3n) is 6.28. The molecule has 0 spiro atoms. The highest BCUT2D eigenvalue weighted by atomic mass is 35.5. The number of hydrogen-bond donors (Lipinski definition) is 2. The summed E-state index contributed by atoms with van der Waals surface area (Å²) in [5.74, 6) is 0.812. The summed E-state index contributed by atoms with van der Waals surface area (Å²) in [6, 6.07) is 7.77. The summed E-state index contributed by atoms with van der Waals surface area (Å²) in [7, 11) is 0. The summed E-state index contributed by atoms with van der Waals surface area (Å²) in [6.07, 6.45) is 2.21. The lowest BCUT2D eigenvalue weighted by molar-refractivity contribution is -0.126. The number of halogens is 1. The van der Waals surface area contributed by atoms with E-state index in [1.165, 1.54) is 11.3 Å². The molecule has 5 rings (SSSR count). The fraction of sp³-hybridized carbons (Fsp3) is 0.435. The van der Waals surface area contributed by atoms with Gasteiger partial charge in [0.25, 0.3) is 5.56 Å². The third-order valence-corrected chi connectivity index (χ3v) is 7.40. The van der Waals surface area contributed by atoms with Crippen LogP contribution in [0.3, 0.4) is 0 Å². The molecule has 1 atom stereocenters. The number of nitrogens with zero attached hydrogens (tertiary/aromatic N) is 3.